The zero-order valence-electron chi connectivity index (χ0n) is 20.1. The van der Waals surface area contributed by atoms with Gasteiger partial charge in [-0.3, -0.25) is 9.59 Å². The maximum atomic E-state index is 12.8. The summed E-state index contributed by atoms with van der Waals surface area (Å²) < 4.78 is 0.761. The smallest absolute Gasteiger partial charge is 0.242 e. The Morgan fingerprint density at radius 1 is 1.17 bits per heavy atom. The first-order chi connectivity index (χ1) is 17.2. The third-order valence-corrected chi connectivity index (χ3v) is 7.94. The molecule has 2 aromatic carbocycles. The highest BCUT2D eigenvalue weighted by Gasteiger charge is 2.31. The number of hydrogen-bond acceptors (Lipinski definition) is 5. The van der Waals surface area contributed by atoms with E-state index in [-0.39, 0.29) is 30.2 Å². The van der Waals surface area contributed by atoms with E-state index in [4.69, 9.17) is 23.2 Å². The number of halogens is 2. The first-order valence-electron chi connectivity index (χ1n) is 11.8. The predicted molar refractivity (Wildman–Crippen MR) is 146 cm³/mol. The van der Waals surface area contributed by atoms with E-state index in [0.29, 0.717) is 28.5 Å². The Morgan fingerprint density at radius 2 is 1.94 bits per heavy atom. The fourth-order valence-electron chi connectivity index (χ4n) is 4.53. The van der Waals surface area contributed by atoms with Gasteiger partial charge >= 0.3 is 0 Å². The maximum absolute atomic E-state index is 12.8. The zero-order chi connectivity index (χ0) is 25.8. The number of amides is 2. The molecule has 0 radical (unpaired) electrons. The molecule has 2 amide bonds. The van der Waals surface area contributed by atoms with Gasteiger partial charge in [-0.1, -0.05) is 47.5 Å². The summed E-state index contributed by atoms with van der Waals surface area (Å²) >= 11 is 13.8. The Kier molecular flexibility index (Phi) is 8.57. The lowest BCUT2D eigenvalue weighted by molar-refractivity contribution is -0.129. The Hall–Kier alpha value is -2.58. The number of carbonyl (C=O) groups is 2. The number of thiophene rings is 1. The van der Waals surface area contributed by atoms with Gasteiger partial charge in [0.05, 0.1) is 10.4 Å². The minimum Gasteiger partial charge on any atom is -0.507 e. The summed E-state index contributed by atoms with van der Waals surface area (Å²) in [5.74, 6) is -0.129. The van der Waals surface area contributed by atoms with Gasteiger partial charge in [-0.25, -0.2) is 0 Å². The minimum absolute atomic E-state index is 0.0985. The summed E-state index contributed by atoms with van der Waals surface area (Å²) in [6, 6.07) is 14.4. The van der Waals surface area contributed by atoms with Gasteiger partial charge in [-0.15, -0.1) is 11.3 Å². The second-order valence-corrected chi connectivity index (χ2v) is 11.4. The molecule has 1 aliphatic heterocycles. The van der Waals surface area contributed by atoms with E-state index in [1.54, 1.807) is 37.3 Å². The third kappa shape index (κ3) is 6.40. The predicted octanol–water partition coefficient (Wildman–Crippen LogP) is 5.08. The van der Waals surface area contributed by atoms with Crippen LogP contribution in [0.25, 0.3) is 10.4 Å². The van der Waals surface area contributed by atoms with Crippen LogP contribution in [0.15, 0.2) is 48.5 Å². The van der Waals surface area contributed by atoms with Gasteiger partial charge in [-0.2, -0.15) is 0 Å². The lowest BCUT2D eigenvalue weighted by atomic mass is 9.93. The van der Waals surface area contributed by atoms with E-state index in [2.05, 4.69) is 28.1 Å². The van der Waals surface area contributed by atoms with E-state index in [0.717, 1.165) is 22.2 Å². The zero-order valence-corrected chi connectivity index (χ0v) is 22.4. The van der Waals surface area contributed by atoms with Crippen molar-refractivity contribution in [2.24, 2.45) is 5.92 Å². The van der Waals surface area contributed by atoms with E-state index >= 15 is 0 Å². The summed E-state index contributed by atoms with van der Waals surface area (Å²) in [6.45, 7) is 4.23. The normalized spacial score (nSPS) is 18.1. The minimum atomic E-state index is -0.718. The highest BCUT2D eigenvalue weighted by Crippen LogP contribution is 2.34. The van der Waals surface area contributed by atoms with E-state index in [1.165, 1.54) is 11.1 Å². The van der Waals surface area contributed by atoms with Gasteiger partial charge in [-0.05, 0) is 80.1 Å². The van der Waals surface area contributed by atoms with Crippen LogP contribution >= 0.6 is 34.5 Å². The average molecular weight is 547 g/mol. The van der Waals surface area contributed by atoms with Crippen molar-refractivity contribution in [2.75, 3.05) is 6.54 Å². The van der Waals surface area contributed by atoms with Crippen LogP contribution in [0.5, 0.6) is 5.75 Å². The monoisotopic (exact) mass is 545 g/mol. The Labute approximate surface area is 225 Å². The summed E-state index contributed by atoms with van der Waals surface area (Å²) in [5, 5.41) is 19.5. The number of phenols is 1. The van der Waals surface area contributed by atoms with Gasteiger partial charge in [0.25, 0.3) is 0 Å². The molecule has 0 aliphatic carbocycles. The van der Waals surface area contributed by atoms with Crippen molar-refractivity contribution in [3.8, 4) is 16.2 Å². The summed E-state index contributed by atoms with van der Waals surface area (Å²) in [5.41, 5.74) is 3.57. The topological polar surface area (TPSA) is 90.5 Å². The van der Waals surface area contributed by atoms with Crippen LogP contribution in [0, 0.1) is 12.8 Å². The molecule has 0 unspecified atom stereocenters. The third-order valence-electron chi connectivity index (χ3n) is 6.45. The molecule has 6 nitrogen and oxygen atoms in total. The number of nitrogens with one attached hydrogen (secondary N) is 3. The fraction of sp³-hybridized carbons (Fsp3) is 0.333. The van der Waals surface area contributed by atoms with Crippen LogP contribution in [-0.4, -0.2) is 35.5 Å². The molecule has 190 valence electrons. The molecule has 2 heterocycles. The van der Waals surface area contributed by atoms with Crippen LogP contribution in [0.1, 0.15) is 30.0 Å². The molecule has 0 saturated carbocycles. The van der Waals surface area contributed by atoms with Gasteiger partial charge < -0.3 is 21.1 Å². The fourth-order valence-corrected chi connectivity index (χ4v) is 5.93. The second kappa shape index (κ2) is 11.6. The maximum Gasteiger partial charge on any atom is 0.242 e. The van der Waals surface area contributed by atoms with Crippen LogP contribution in [0.2, 0.25) is 9.36 Å². The first kappa shape index (κ1) is 26.5. The molecule has 0 spiro atoms. The van der Waals surface area contributed by atoms with Crippen molar-refractivity contribution in [1.82, 2.24) is 16.0 Å². The highest BCUT2D eigenvalue weighted by atomic mass is 35.5. The van der Waals surface area contributed by atoms with Crippen LogP contribution in [0.3, 0.4) is 0 Å². The summed E-state index contributed by atoms with van der Waals surface area (Å²) in [6.07, 6.45) is 1.54. The number of hydrogen-bond donors (Lipinski definition) is 4. The number of aromatic hydroxyl groups is 1. The van der Waals surface area contributed by atoms with Crippen molar-refractivity contribution in [2.45, 2.75) is 45.3 Å². The number of phenolic OH excluding ortho intramolecular Hbond substituents is 1. The first-order valence-corrected chi connectivity index (χ1v) is 13.4. The van der Waals surface area contributed by atoms with Crippen LogP contribution < -0.4 is 16.0 Å². The van der Waals surface area contributed by atoms with Gasteiger partial charge in [0.2, 0.25) is 11.8 Å². The summed E-state index contributed by atoms with van der Waals surface area (Å²) in [4.78, 5) is 26.5. The molecular weight excluding hydrogens is 517 g/mol. The number of benzene rings is 2. The van der Waals surface area contributed by atoms with Crippen molar-refractivity contribution in [1.29, 1.82) is 0 Å². The van der Waals surface area contributed by atoms with Crippen molar-refractivity contribution in [3.63, 3.8) is 0 Å². The van der Waals surface area contributed by atoms with Gasteiger partial charge in [0.1, 0.15) is 11.8 Å². The van der Waals surface area contributed by atoms with Crippen molar-refractivity contribution in [3.05, 3.63) is 74.6 Å². The molecule has 36 heavy (non-hydrogen) atoms. The van der Waals surface area contributed by atoms with Crippen molar-refractivity contribution < 1.29 is 14.7 Å². The van der Waals surface area contributed by atoms with Gasteiger partial charge in [0.15, 0.2) is 0 Å². The molecule has 3 aromatic rings. The van der Waals surface area contributed by atoms with Gasteiger partial charge in [0, 0.05) is 22.0 Å². The molecule has 1 aliphatic rings. The SMILES string of the molecule is Cc1cc(Cl)cc(CNC(=O)[C@H](C)NC(=O)[C@H]2C[C@H](Cc3ccccc3-c3ccc(Cl)s3)CN2)c1O. The number of aryl methyl sites for hydroxylation is 1. The molecule has 1 fully saturated rings. The second-order valence-electron chi connectivity index (χ2n) is 9.21. The molecule has 4 N–H and O–H groups in total. The number of carbonyl (C=O) groups excluding carboxylic acids is 2. The van der Waals surface area contributed by atoms with E-state index in [9.17, 15) is 14.7 Å². The Morgan fingerprint density at radius 3 is 2.69 bits per heavy atom. The van der Waals surface area contributed by atoms with Crippen LogP contribution in [0.4, 0.5) is 0 Å². The lowest BCUT2D eigenvalue weighted by Gasteiger charge is -2.18. The largest absolute Gasteiger partial charge is 0.507 e. The van der Waals surface area contributed by atoms with Crippen LogP contribution in [-0.2, 0) is 22.6 Å². The molecule has 1 saturated heterocycles. The lowest BCUT2D eigenvalue weighted by Crippen LogP contribution is -2.49. The van der Waals surface area contributed by atoms with E-state index in [1.807, 2.05) is 24.3 Å². The number of rotatable bonds is 8. The molecule has 9 heteroatoms. The standard InChI is InChI=1S/C27H29Cl2N3O3S/c1-15-9-20(28)12-19(25(15)33)14-31-26(34)16(2)32-27(35)22-11-17(13-30-22)10-18-5-3-4-6-21(18)23-7-8-24(29)36-23/h3-9,12,16-17,22,30,33H,10-11,13-14H2,1-2H3,(H,31,34)(H,32,35)/t16-,17-,22+/m0/s1. The molecule has 3 atom stereocenters. The Balaban J connectivity index is 1.29. The molecular formula is C27H29Cl2N3O3S. The van der Waals surface area contributed by atoms with Crippen molar-refractivity contribution >= 4 is 46.4 Å². The Bertz CT molecular complexity index is 1260. The molecule has 1 aromatic heterocycles. The quantitative estimate of drug-likeness (QED) is 0.317. The average Bonchev–Trinajstić information content (AvgIpc) is 3.49. The molecule has 0 bridgehead atoms. The summed E-state index contributed by atoms with van der Waals surface area (Å²) in [7, 11) is 0. The molecule has 4 rings (SSSR count). The highest BCUT2D eigenvalue weighted by molar-refractivity contribution is 7.19. The van der Waals surface area contributed by atoms with E-state index < -0.39 is 6.04 Å².